The predicted octanol–water partition coefficient (Wildman–Crippen LogP) is 9.22. The smallest absolute Gasteiger partial charge is 0.125 e. The summed E-state index contributed by atoms with van der Waals surface area (Å²) in [4.78, 5) is 7.79. The lowest BCUT2D eigenvalue weighted by molar-refractivity contribution is 0.700. The molecular weight excluding hydrogens is 479 g/mol. The summed E-state index contributed by atoms with van der Waals surface area (Å²) in [7, 11) is 0. The Morgan fingerprint density at radius 3 is 2.41 bits per heavy atom. The molecule has 0 amide bonds. The number of fused-ring (bicyclic) bond motifs is 3. The third-order valence-electron chi connectivity index (χ3n) is 6.88. The zero-order valence-corrected chi connectivity index (χ0v) is 21.5. The van der Waals surface area contributed by atoms with Crippen molar-refractivity contribution in [2.24, 2.45) is 0 Å². The maximum absolute atomic E-state index is 7.27. The van der Waals surface area contributed by atoms with E-state index in [4.69, 9.17) is 28.2 Å². The number of nitrogens with zero attached hydrogens (tertiary/aromatic N) is 2. The predicted molar refractivity (Wildman–Crippen MR) is 146 cm³/mol. The second-order valence-corrected chi connectivity index (χ2v) is 10.9. The normalized spacial score (nSPS) is 13.4. The largest absolute Gasteiger partial charge is 0.318 e. The summed E-state index contributed by atoms with van der Waals surface area (Å²) in [6.07, 6.45) is 4.73. The fourth-order valence-corrected chi connectivity index (χ4v) is 7.06. The second-order valence-electron chi connectivity index (χ2n) is 9.00. The van der Waals surface area contributed by atoms with Gasteiger partial charge in [-0.05, 0) is 81.0 Å². The molecule has 3 aromatic heterocycles. The van der Waals surface area contributed by atoms with E-state index in [1.54, 1.807) is 0 Å². The molecule has 0 bridgehead atoms. The SMILES string of the molecule is Cc1cc(-c2nc3sc4c(c3c(-c3ccccc3)c2Cl)CCCC4)c(C)n1-c1ccc(Cl)cc1. The first kappa shape index (κ1) is 21.9. The lowest BCUT2D eigenvalue weighted by Crippen LogP contribution is -2.00. The van der Waals surface area contributed by atoms with Crippen LogP contribution in [0.5, 0.6) is 0 Å². The van der Waals surface area contributed by atoms with Gasteiger partial charge in [0.1, 0.15) is 4.83 Å². The number of halogens is 2. The minimum Gasteiger partial charge on any atom is -0.318 e. The molecule has 0 saturated carbocycles. The van der Waals surface area contributed by atoms with Crippen LogP contribution in [0.3, 0.4) is 0 Å². The molecule has 0 radical (unpaired) electrons. The molecule has 0 spiro atoms. The average Bonchev–Trinajstić information content (AvgIpc) is 3.36. The van der Waals surface area contributed by atoms with Crippen molar-refractivity contribution in [3.05, 3.63) is 92.5 Å². The Labute approximate surface area is 213 Å². The summed E-state index contributed by atoms with van der Waals surface area (Å²) in [5, 5.41) is 2.73. The van der Waals surface area contributed by atoms with Gasteiger partial charge in [-0.1, -0.05) is 53.5 Å². The molecule has 2 aromatic carbocycles. The van der Waals surface area contributed by atoms with Gasteiger partial charge in [-0.25, -0.2) is 4.98 Å². The number of hydrogen-bond acceptors (Lipinski definition) is 2. The van der Waals surface area contributed by atoms with Crippen LogP contribution in [-0.4, -0.2) is 9.55 Å². The summed E-state index contributed by atoms with van der Waals surface area (Å²) < 4.78 is 2.25. The van der Waals surface area contributed by atoms with Gasteiger partial charge in [-0.2, -0.15) is 0 Å². The molecule has 1 aliphatic carbocycles. The number of thiophene rings is 1. The summed E-state index contributed by atoms with van der Waals surface area (Å²) in [6.45, 7) is 4.26. The first-order valence-corrected chi connectivity index (χ1v) is 13.2. The quantitative estimate of drug-likeness (QED) is 0.240. The molecule has 1 aliphatic rings. The van der Waals surface area contributed by atoms with Gasteiger partial charge in [0.05, 0.1) is 10.7 Å². The minimum atomic E-state index is 0.732. The van der Waals surface area contributed by atoms with Crippen LogP contribution in [0.1, 0.15) is 34.7 Å². The number of aromatic nitrogens is 2. The van der Waals surface area contributed by atoms with E-state index in [0.717, 1.165) is 67.2 Å². The van der Waals surface area contributed by atoms with Gasteiger partial charge in [-0.3, -0.25) is 0 Å². The number of benzene rings is 2. The first-order valence-electron chi connectivity index (χ1n) is 11.7. The second kappa shape index (κ2) is 8.57. The summed E-state index contributed by atoms with van der Waals surface area (Å²) in [5.41, 5.74) is 9.00. The zero-order chi connectivity index (χ0) is 23.4. The molecular formula is C29H24Cl2N2S. The highest BCUT2D eigenvalue weighted by Crippen LogP contribution is 2.47. The fraction of sp³-hybridized carbons (Fsp3) is 0.207. The van der Waals surface area contributed by atoms with Crippen molar-refractivity contribution in [3.63, 3.8) is 0 Å². The Kier molecular flexibility index (Phi) is 5.52. The van der Waals surface area contributed by atoms with Crippen molar-refractivity contribution in [1.29, 1.82) is 0 Å². The third-order valence-corrected chi connectivity index (χ3v) is 8.68. The van der Waals surface area contributed by atoms with E-state index in [0.29, 0.717) is 0 Å². The van der Waals surface area contributed by atoms with Crippen molar-refractivity contribution < 1.29 is 0 Å². The molecule has 0 atom stereocenters. The Hall–Kier alpha value is -2.59. The van der Waals surface area contributed by atoms with Crippen LogP contribution in [0.15, 0.2) is 60.7 Å². The molecule has 5 heteroatoms. The monoisotopic (exact) mass is 502 g/mol. The maximum atomic E-state index is 7.27. The van der Waals surface area contributed by atoms with Crippen LogP contribution in [0.25, 0.3) is 38.3 Å². The molecule has 0 saturated heterocycles. The lowest BCUT2D eigenvalue weighted by Gasteiger charge is -2.15. The van der Waals surface area contributed by atoms with Gasteiger partial charge < -0.3 is 4.57 Å². The number of rotatable bonds is 3. The van der Waals surface area contributed by atoms with Crippen LogP contribution in [0, 0.1) is 13.8 Å². The van der Waals surface area contributed by atoms with Gasteiger partial charge in [-0.15, -0.1) is 11.3 Å². The molecule has 0 fully saturated rings. The molecule has 34 heavy (non-hydrogen) atoms. The van der Waals surface area contributed by atoms with Crippen molar-refractivity contribution in [1.82, 2.24) is 9.55 Å². The molecule has 6 rings (SSSR count). The van der Waals surface area contributed by atoms with Gasteiger partial charge in [0, 0.05) is 43.5 Å². The van der Waals surface area contributed by atoms with E-state index in [-0.39, 0.29) is 0 Å². The minimum absolute atomic E-state index is 0.732. The van der Waals surface area contributed by atoms with E-state index in [9.17, 15) is 0 Å². The van der Waals surface area contributed by atoms with Gasteiger partial charge >= 0.3 is 0 Å². The molecule has 3 heterocycles. The van der Waals surface area contributed by atoms with Gasteiger partial charge in [0.25, 0.3) is 0 Å². The third kappa shape index (κ3) is 3.50. The number of aryl methyl sites for hydroxylation is 3. The van der Waals surface area contributed by atoms with E-state index in [1.807, 2.05) is 35.6 Å². The number of pyridine rings is 1. The first-order chi connectivity index (χ1) is 16.5. The van der Waals surface area contributed by atoms with Crippen LogP contribution in [-0.2, 0) is 12.8 Å². The Morgan fingerprint density at radius 2 is 1.65 bits per heavy atom. The summed E-state index contributed by atoms with van der Waals surface area (Å²) in [5.74, 6) is 0. The van der Waals surface area contributed by atoms with E-state index in [1.165, 1.54) is 28.7 Å². The molecule has 2 nitrogen and oxygen atoms in total. The molecule has 5 aromatic rings. The fourth-order valence-electron chi connectivity index (χ4n) is 5.31. The molecule has 0 unspecified atom stereocenters. The average molecular weight is 503 g/mol. The molecule has 0 aliphatic heterocycles. The lowest BCUT2D eigenvalue weighted by atomic mass is 9.92. The zero-order valence-electron chi connectivity index (χ0n) is 19.2. The van der Waals surface area contributed by atoms with Crippen LogP contribution < -0.4 is 0 Å². The summed E-state index contributed by atoms with van der Waals surface area (Å²) in [6, 6.07) is 20.7. The number of hydrogen-bond donors (Lipinski definition) is 0. The highest BCUT2D eigenvalue weighted by atomic mass is 35.5. The van der Waals surface area contributed by atoms with Crippen LogP contribution in [0.4, 0.5) is 0 Å². The highest BCUT2D eigenvalue weighted by Gasteiger charge is 2.26. The van der Waals surface area contributed by atoms with Crippen LogP contribution >= 0.6 is 34.5 Å². The summed E-state index contributed by atoms with van der Waals surface area (Å²) >= 11 is 15.3. The van der Waals surface area contributed by atoms with Crippen molar-refractivity contribution in [3.8, 4) is 28.1 Å². The Balaban J connectivity index is 1.63. The maximum Gasteiger partial charge on any atom is 0.125 e. The standard InChI is InChI=1S/C29H24Cl2N2S/c1-17-16-23(18(2)33(17)21-14-12-20(30)13-15-21)28-27(31)25(19-8-4-3-5-9-19)26-22-10-6-7-11-24(22)34-29(26)32-28/h3-5,8-9,12-16H,6-7,10-11H2,1-2H3. The topological polar surface area (TPSA) is 17.8 Å². The van der Waals surface area contributed by atoms with Gasteiger partial charge in [0.15, 0.2) is 0 Å². The Bertz CT molecular complexity index is 1530. The van der Waals surface area contributed by atoms with Crippen LogP contribution in [0.2, 0.25) is 10.0 Å². The Morgan fingerprint density at radius 1 is 0.912 bits per heavy atom. The van der Waals surface area contributed by atoms with Crippen molar-refractivity contribution in [2.75, 3.05) is 0 Å². The van der Waals surface area contributed by atoms with E-state index in [2.05, 4.69) is 54.8 Å². The van der Waals surface area contributed by atoms with E-state index >= 15 is 0 Å². The van der Waals surface area contributed by atoms with E-state index < -0.39 is 0 Å². The molecule has 170 valence electrons. The van der Waals surface area contributed by atoms with Gasteiger partial charge in [0.2, 0.25) is 0 Å². The van der Waals surface area contributed by atoms with Crippen molar-refractivity contribution >= 4 is 44.8 Å². The van der Waals surface area contributed by atoms with Crippen molar-refractivity contribution in [2.45, 2.75) is 39.5 Å². The molecule has 0 N–H and O–H groups in total. The highest BCUT2D eigenvalue weighted by molar-refractivity contribution is 7.19.